The molecule has 2 unspecified atom stereocenters. The predicted molar refractivity (Wildman–Crippen MR) is 60.1 cm³/mol. The molecule has 0 amide bonds. The summed E-state index contributed by atoms with van der Waals surface area (Å²) in [7, 11) is 0. The van der Waals surface area contributed by atoms with Gasteiger partial charge >= 0.3 is 0 Å². The maximum atomic E-state index is 6.15. The summed E-state index contributed by atoms with van der Waals surface area (Å²) >= 11 is 0. The summed E-state index contributed by atoms with van der Waals surface area (Å²) in [6.07, 6.45) is 4.89. The van der Waals surface area contributed by atoms with Gasteiger partial charge in [-0.15, -0.1) is 0 Å². The number of fused-ring (bicyclic) bond motifs is 2. The van der Waals surface area contributed by atoms with Gasteiger partial charge in [0, 0.05) is 18.0 Å². The Morgan fingerprint density at radius 3 is 2.80 bits per heavy atom. The summed E-state index contributed by atoms with van der Waals surface area (Å²) in [6, 6.07) is 4.65. The molecule has 1 aliphatic heterocycles. The second-order valence-electron chi connectivity index (χ2n) is 4.78. The van der Waals surface area contributed by atoms with Crippen LogP contribution in [0.2, 0.25) is 0 Å². The van der Waals surface area contributed by atoms with Crippen molar-refractivity contribution in [2.24, 2.45) is 5.73 Å². The van der Waals surface area contributed by atoms with E-state index in [2.05, 4.69) is 19.1 Å². The third kappa shape index (κ3) is 1.44. The summed E-state index contributed by atoms with van der Waals surface area (Å²) < 4.78 is 5.85. The van der Waals surface area contributed by atoms with E-state index < -0.39 is 0 Å². The molecule has 2 N–H and O–H groups in total. The van der Waals surface area contributed by atoms with Gasteiger partial charge in [-0.3, -0.25) is 0 Å². The van der Waals surface area contributed by atoms with Gasteiger partial charge in [0.05, 0.1) is 6.10 Å². The van der Waals surface area contributed by atoms with Crippen molar-refractivity contribution in [1.29, 1.82) is 0 Å². The Hall–Kier alpha value is -1.02. The highest BCUT2D eigenvalue weighted by Crippen LogP contribution is 2.37. The molecule has 0 fully saturated rings. The zero-order valence-electron chi connectivity index (χ0n) is 9.12. The summed E-state index contributed by atoms with van der Waals surface area (Å²) in [5.41, 5.74) is 10.3. The Labute approximate surface area is 90.4 Å². The molecule has 0 bridgehead atoms. The summed E-state index contributed by atoms with van der Waals surface area (Å²) in [6.45, 7) is 2.09. The highest BCUT2D eigenvalue weighted by atomic mass is 16.5. The quantitative estimate of drug-likeness (QED) is 0.702. The Bertz CT molecular complexity index is 400. The fourth-order valence-corrected chi connectivity index (χ4v) is 2.76. The Balaban J connectivity index is 2.09. The predicted octanol–water partition coefficient (Wildman–Crippen LogP) is 2.35. The van der Waals surface area contributed by atoms with Crippen LogP contribution in [0, 0.1) is 0 Å². The smallest absolute Gasteiger partial charge is 0.124 e. The maximum absolute atomic E-state index is 6.15. The van der Waals surface area contributed by atoms with Crippen LogP contribution in [0.3, 0.4) is 0 Å². The number of aryl methyl sites for hydroxylation is 2. The zero-order valence-corrected chi connectivity index (χ0v) is 9.12. The molecule has 1 aromatic carbocycles. The van der Waals surface area contributed by atoms with E-state index in [1.165, 1.54) is 36.0 Å². The molecule has 2 aliphatic rings. The molecule has 1 aromatic rings. The number of benzene rings is 1. The molecule has 2 nitrogen and oxygen atoms in total. The molecule has 2 heteroatoms. The monoisotopic (exact) mass is 203 g/mol. The van der Waals surface area contributed by atoms with Crippen LogP contribution < -0.4 is 10.5 Å². The molecule has 0 aromatic heterocycles. The maximum Gasteiger partial charge on any atom is 0.124 e. The lowest BCUT2D eigenvalue weighted by atomic mass is 9.94. The summed E-state index contributed by atoms with van der Waals surface area (Å²) in [5.74, 6) is 1.03. The number of ether oxygens (including phenoxy) is 1. The van der Waals surface area contributed by atoms with Crippen LogP contribution in [0.1, 0.15) is 42.5 Å². The molecule has 2 atom stereocenters. The first-order valence-electron chi connectivity index (χ1n) is 5.82. The van der Waals surface area contributed by atoms with E-state index in [0.29, 0.717) is 0 Å². The molecule has 0 saturated heterocycles. The highest BCUT2D eigenvalue weighted by molar-refractivity contribution is 5.47. The van der Waals surface area contributed by atoms with E-state index in [1.54, 1.807) is 0 Å². The molecule has 80 valence electrons. The van der Waals surface area contributed by atoms with Crippen molar-refractivity contribution in [3.05, 3.63) is 28.8 Å². The minimum atomic E-state index is 0.162. The first kappa shape index (κ1) is 9.22. The van der Waals surface area contributed by atoms with Gasteiger partial charge in [0.25, 0.3) is 0 Å². The van der Waals surface area contributed by atoms with Crippen molar-refractivity contribution in [2.45, 2.75) is 44.8 Å². The van der Waals surface area contributed by atoms with Gasteiger partial charge in [0.1, 0.15) is 5.75 Å². The molecular weight excluding hydrogens is 186 g/mol. The fourth-order valence-electron chi connectivity index (χ4n) is 2.76. The van der Waals surface area contributed by atoms with E-state index in [0.717, 1.165) is 12.2 Å². The molecule has 1 aliphatic carbocycles. The Morgan fingerprint density at radius 2 is 2.00 bits per heavy atom. The fraction of sp³-hybridized carbons (Fsp3) is 0.538. The van der Waals surface area contributed by atoms with Gasteiger partial charge in [-0.05, 0) is 43.4 Å². The van der Waals surface area contributed by atoms with E-state index in [9.17, 15) is 0 Å². The largest absolute Gasteiger partial charge is 0.490 e. The standard InChI is InChI=1S/C13H17NO/c1-8-5-12(14)11-6-9-3-2-4-10(9)7-13(11)15-8/h6-8,12H,2-5,14H2,1H3. The van der Waals surface area contributed by atoms with Crippen molar-refractivity contribution in [2.75, 3.05) is 0 Å². The van der Waals surface area contributed by atoms with Gasteiger partial charge in [-0.1, -0.05) is 6.07 Å². The SMILES string of the molecule is CC1CC(N)c2cc3c(cc2O1)CCC3. The van der Waals surface area contributed by atoms with Gasteiger partial charge in [-0.2, -0.15) is 0 Å². The molecule has 0 spiro atoms. The topological polar surface area (TPSA) is 35.2 Å². The highest BCUT2D eigenvalue weighted by Gasteiger charge is 2.25. The van der Waals surface area contributed by atoms with Crippen LogP contribution in [0.25, 0.3) is 0 Å². The number of rotatable bonds is 0. The van der Waals surface area contributed by atoms with Crippen LogP contribution in [0.5, 0.6) is 5.75 Å². The van der Waals surface area contributed by atoms with Gasteiger partial charge in [0.2, 0.25) is 0 Å². The average molecular weight is 203 g/mol. The number of hydrogen-bond acceptors (Lipinski definition) is 2. The first-order valence-corrected chi connectivity index (χ1v) is 5.82. The molecule has 0 radical (unpaired) electrons. The lowest BCUT2D eigenvalue weighted by Gasteiger charge is -2.28. The Kier molecular flexibility index (Phi) is 1.99. The van der Waals surface area contributed by atoms with Gasteiger partial charge < -0.3 is 10.5 Å². The van der Waals surface area contributed by atoms with Gasteiger partial charge in [-0.25, -0.2) is 0 Å². The van der Waals surface area contributed by atoms with Crippen LogP contribution in [-0.2, 0) is 12.8 Å². The van der Waals surface area contributed by atoms with Crippen molar-refractivity contribution < 1.29 is 4.74 Å². The van der Waals surface area contributed by atoms with Crippen molar-refractivity contribution in [3.8, 4) is 5.75 Å². The second-order valence-corrected chi connectivity index (χ2v) is 4.78. The third-order valence-electron chi connectivity index (χ3n) is 3.54. The van der Waals surface area contributed by atoms with E-state index in [1.807, 2.05) is 0 Å². The van der Waals surface area contributed by atoms with Crippen molar-refractivity contribution in [3.63, 3.8) is 0 Å². The van der Waals surface area contributed by atoms with E-state index in [4.69, 9.17) is 10.5 Å². The third-order valence-corrected chi connectivity index (χ3v) is 3.54. The Morgan fingerprint density at radius 1 is 1.27 bits per heavy atom. The molecule has 0 saturated carbocycles. The number of hydrogen-bond donors (Lipinski definition) is 1. The minimum absolute atomic E-state index is 0.162. The van der Waals surface area contributed by atoms with Gasteiger partial charge in [0.15, 0.2) is 0 Å². The molecule has 1 heterocycles. The van der Waals surface area contributed by atoms with E-state index in [-0.39, 0.29) is 12.1 Å². The molecule has 3 rings (SSSR count). The minimum Gasteiger partial charge on any atom is -0.490 e. The van der Waals surface area contributed by atoms with Crippen LogP contribution >= 0.6 is 0 Å². The summed E-state index contributed by atoms with van der Waals surface area (Å²) in [5, 5.41) is 0. The van der Waals surface area contributed by atoms with Crippen LogP contribution in [0.15, 0.2) is 12.1 Å². The number of nitrogens with two attached hydrogens (primary N) is 1. The van der Waals surface area contributed by atoms with E-state index >= 15 is 0 Å². The van der Waals surface area contributed by atoms with Crippen LogP contribution in [0.4, 0.5) is 0 Å². The zero-order chi connectivity index (χ0) is 10.4. The lowest BCUT2D eigenvalue weighted by molar-refractivity contribution is 0.177. The molecule has 15 heavy (non-hydrogen) atoms. The average Bonchev–Trinajstić information content (AvgIpc) is 2.61. The second kappa shape index (κ2) is 3.24. The van der Waals surface area contributed by atoms with Crippen LogP contribution in [-0.4, -0.2) is 6.10 Å². The molecular formula is C13H17NO. The lowest BCUT2D eigenvalue weighted by Crippen LogP contribution is -2.27. The normalized spacial score (nSPS) is 28.1. The van der Waals surface area contributed by atoms with Crippen molar-refractivity contribution >= 4 is 0 Å². The summed E-state index contributed by atoms with van der Waals surface area (Å²) in [4.78, 5) is 0. The first-order chi connectivity index (χ1) is 7.24. The van der Waals surface area contributed by atoms with Crippen molar-refractivity contribution in [1.82, 2.24) is 0 Å².